The van der Waals surface area contributed by atoms with Crippen molar-refractivity contribution in [2.24, 2.45) is 5.92 Å². The summed E-state index contributed by atoms with van der Waals surface area (Å²) in [6.07, 6.45) is 1.64. The van der Waals surface area contributed by atoms with E-state index in [4.69, 9.17) is 9.47 Å². The highest BCUT2D eigenvalue weighted by Crippen LogP contribution is 2.27. The number of hydrogen-bond acceptors (Lipinski definition) is 7. The highest BCUT2D eigenvalue weighted by molar-refractivity contribution is 5.97. The normalized spacial score (nSPS) is 16.8. The Balaban J connectivity index is 1.29. The molecular formula is C28H32N4O4. The van der Waals surface area contributed by atoms with Gasteiger partial charge in [-0.15, -0.1) is 0 Å². The van der Waals surface area contributed by atoms with E-state index < -0.39 is 0 Å². The van der Waals surface area contributed by atoms with Crippen LogP contribution in [0.1, 0.15) is 45.7 Å². The fourth-order valence-corrected chi connectivity index (χ4v) is 5.02. The Bertz CT molecular complexity index is 1300. The molecule has 8 heteroatoms. The quantitative estimate of drug-likeness (QED) is 0.518. The maximum atomic E-state index is 13.4. The van der Waals surface area contributed by atoms with E-state index in [1.165, 1.54) is 12.7 Å². The van der Waals surface area contributed by atoms with E-state index in [1.807, 2.05) is 43.0 Å². The first-order valence-electron chi connectivity index (χ1n) is 12.5. The molecular weight excluding hydrogens is 456 g/mol. The van der Waals surface area contributed by atoms with Crippen molar-refractivity contribution in [3.8, 4) is 5.75 Å². The number of nitrogens with zero attached hydrogens (tertiary/aromatic N) is 4. The Morgan fingerprint density at radius 3 is 2.50 bits per heavy atom. The van der Waals surface area contributed by atoms with Crippen molar-refractivity contribution in [1.82, 2.24) is 19.8 Å². The molecule has 0 bridgehead atoms. The highest BCUT2D eigenvalue weighted by Gasteiger charge is 2.26. The van der Waals surface area contributed by atoms with Gasteiger partial charge in [0.1, 0.15) is 12.4 Å². The first-order chi connectivity index (χ1) is 17.4. The lowest BCUT2D eigenvalue weighted by atomic mass is 9.96. The molecule has 5 rings (SSSR count). The van der Waals surface area contributed by atoms with E-state index in [0.717, 1.165) is 66.2 Å². The monoisotopic (exact) mass is 488 g/mol. The number of ether oxygens (including phenoxy) is 2. The number of likely N-dealkylation sites (tertiary alicyclic amines) is 1. The van der Waals surface area contributed by atoms with Gasteiger partial charge >= 0.3 is 5.97 Å². The minimum atomic E-state index is -0.106. The molecule has 188 valence electrons. The summed E-state index contributed by atoms with van der Waals surface area (Å²) in [6.45, 7) is 7.85. The van der Waals surface area contributed by atoms with Crippen LogP contribution in [0.15, 0.2) is 36.4 Å². The zero-order valence-corrected chi connectivity index (χ0v) is 21.1. The minimum Gasteiger partial charge on any atom is -0.491 e. The maximum absolute atomic E-state index is 13.4. The van der Waals surface area contributed by atoms with Gasteiger partial charge in [-0.1, -0.05) is 6.07 Å². The van der Waals surface area contributed by atoms with Gasteiger partial charge in [0.15, 0.2) is 0 Å². The maximum Gasteiger partial charge on any atom is 0.308 e. The van der Waals surface area contributed by atoms with Gasteiger partial charge in [-0.3, -0.25) is 14.5 Å². The molecule has 0 unspecified atom stereocenters. The molecule has 0 atom stereocenters. The van der Waals surface area contributed by atoms with Gasteiger partial charge in [0.25, 0.3) is 5.91 Å². The highest BCUT2D eigenvalue weighted by atomic mass is 16.5. The molecule has 36 heavy (non-hydrogen) atoms. The molecule has 1 amide bonds. The van der Waals surface area contributed by atoms with E-state index in [2.05, 4.69) is 27.0 Å². The fraction of sp³-hybridized carbons (Fsp3) is 0.429. The standard InChI is InChI=1S/C28H32N4O4/c1-18-19(2)30-25-15-22(5-6-24(25)29-18)27(33)32-12-13-36-26-7-4-20(14-23(26)17-32)16-31-10-8-21(9-11-31)28(34)35-3/h4-7,14-15,21H,8-13,16-17H2,1-3H3. The van der Waals surface area contributed by atoms with Crippen molar-refractivity contribution >= 4 is 22.9 Å². The minimum absolute atomic E-state index is 0.000271. The molecule has 0 saturated carbocycles. The molecule has 1 fully saturated rings. The van der Waals surface area contributed by atoms with Crippen LogP contribution in [0.2, 0.25) is 0 Å². The van der Waals surface area contributed by atoms with E-state index in [-0.39, 0.29) is 17.8 Å². The Labute approximate surface area is 211 Å². The molecule has 1 aromatic heterocycles. The SMILES string of the molecule is COC(=O)C1CCN(Cc2ccc3c(c2)CN(C(=O)c2ccc4nc(C)c(C)nc4c2)CCO3)CC1. The van der Waals surface area contributed by atoms with E-state index >= 15 is 0 Å². The van der Waals surface area contributed by atoms with Gasteiger partial charge < -0.3 is 14.4 Å². The molecule has 8 nitrogen and oxygen atoms in total. The molecule has 0 aliphatic carbocycles. The number of fused-ring (bicyclic) bond motifs is 2. The van der Waals surface area contributed by atoms with Gasteiger partial charge in [0.2, 0.25) is 0 Å². The summed E-state index contributed by atoms with van der Waals surface area (Å²) >= 11 is 0. The van der Waals surface area contributed by atoms with Crippen molar-refractivity contribution in [3.05, 3.63) is 64.5 Å². The van der Waals surface area contributed by atoms with Crippen LogP contribution in [-0.4, -0.2) is 65.0 Å². The summed E-state index contributed by atoms with van der Waals surface area (Å²) in [5, 5.41) is 0. The number of rotatable bonds is 4. The molecule has 3 aromatic rings. The Morgan fingerprint density at radius 1 is 1.00 bits per heavy atom. The lowest BCUT2D eigenvalue weighted by Crippen LogP contribution is -2.36. The average molecular weight is 489 g/mol. The summed E-state index contributed by atoms with van der Waals surface area (Å²) in [5.74, 6) is 0.683. The number of esters is 1. The van der Waals surface area contributed by atoms with Crippen LogP contribution in [0, 0.1) is 19.8 Å². The Hall–Kier alpha value is -3.52. The largest absolute Gasteiger partial charge is 0.491 e. The molecule has 0 spiro atoms. The van der Waals surface area contributed by atoms with Crippen LogP contribution in [-0.2, 0) is 22.6 Å². The van der Waals surface area contributed by atoms with Crippen LogP contribution in [0.4, 0.5) is 0 Å². The summed E-state index contributed by atoms with van der Waals surface area (Å²) < 4.78 is 10.9. The second kappa shape index (κ2) is 10.2. The number of aromatic nitrogens is 2. The zero-order valence-electron chi connectivity index (χ0n) is 21.1. The van der Waals surface area contributed by atoms with Crippen molar-refractivity contribution in [2.45, 2.75) is 39.8 Å². The molecule has 2 aromatic carbocycles. The van der Waals surface area contributed by atoms with Gasteiger partial charge in [0.05, 0.1) is 42.0 Å². The van der Waals surface area contributed by atoms with Crippen molar-refractivity contribution in [2.75, 3.05) is 33.4 Å². The lowest BCUT2D eigenvalue weighted by Gasteiger charge is -2.30. The zero-order chi connectivity index (χ0) is 25.2. The Morgan fingerprint density at radius 2 is 1.75 bits per heavy atom. The fourth-order valence-electron chi connectivity index (χ4n) is 5.02. The van der Waals surface area contributed by atoms with Crippen molar-refractivity contribution in [3.63, 3.8) is 0 Å². The second-order valence-electron chi connectivity index (χ2n) is 9.69. The molecule has 2 aliphatic rings. The van der Waals surface area contributed by atoms with Crippen molar-refractivity contribution < 1.29 is 19.1 Å². The summed E-state index contributed by atoms with van der Waals surface area (Å²) in [5.41, 5.74) is 6.07. The van der Waals surface area contributed by atoms with E-state index in [0.29, 0.717) is 25.3 Å². The average Bonchev–Trinajstić information content (AvgIpc) is 3.11. The van der Waals surface area contributed by atoms with Crippen LogP contribution in [0.25, 0.3) is 11.0 Å². The first kappa shape index (κ1) is 24.2. The number of aryl methyl sites for hydroxylation is 2. The van der Waals surface area contributed by atoms with Gasteiger partial charge in [0, 0.05) is 24.2 Å². The van der Waals surface area contributed by atoms with Crippen molar-refractivity contribution in [1.29, 1.82) is 0 Å². The number of amides is 1. The molecule has 2 aliphatic heterocycles. The number of carbonyl (C=O) groups is 2. The number of benzene rings is 2. The molecule has 0 N–H and O–H groups in total. The summed E-state index contributed by atoms with van der Waals surface area (Å²) in [4.78, 5) is 38.7. The predicted octanol–water partition coefficient (Wildman–Crippen LogP) is 3.67. The molecule has 1 saturated heterocycles. The van der Waals surface area contributed by atoms with Crippen LogP contribution in [0.5, 0.6) is 5.75 Å². The smallest absolute Gasteiger partial charge is 0.308 e. The van der Waals surface area contributed by atoms with E-state index in [1.54, 1.807) is 0 Å². The third kappa shape index (κ3) is 5.04. The topological polar surface area (TPSA) is 84.9 Å². The van der Waals surface area contributed by atoms with Gasteiger partial charge in [-0.05, 0) is 75.7 Å². The number of methoxy groups -OCH3 is 1. The molecule has 3 heterocycles. The number of piperidine rings is 1. The summed E-state index contributed by atoms with van der Waals surface area (Å²) in [6, 6.07) is 11.8. The Kier molecular flexibility index (Phi) is 6.87. The predicted molar refractivity (Wildman–Crippen MR) is 136 cm³/mol. The number of carbonyl (C=O) groups excluding carboxylic acids is 2. The third-order valence-corrected chi connectivity index (χ3v) is 7.24. The van der Waals surface area contributed by atoms with E-state index in [9.17, 15) is 9.59 Å². The third-order valence-electron chi connectivity index (χ3n) is 7.24. The van der Waals surface area contributed by atoms with Gasteiger partial charge in [-0.25, -0.2) is 9.97 Å². The second-order valence-corrected chi connectivity index (χ2v) is 9.69. The van der Waals surface area contributed by atoms with Crippen LogP contribution < -0.4 is 4.74 Å². The number of hydrogen-bond donors (Lipinski definition) is 0. The first-order valence-corrected chi connectivity index (χ1v) is 12.5. The van der Waals surface area contributed by atoms with Crippen LogP contribution in [0.3, 0.4) is 0 Å². The van der Waals surface area contributed by atoms with Gasteiger partial charge in [-0.2, -0.15) is 0 Å². The summed E-state index contributed by atoms with van der Waals surface area (Å²) in [7, 11) is 1.45. The lowest BCUT2D eigenvalue weighted by molar-refractivity contribution is -0.147. The van der Waals surface area contributed by atoms with Crippen LogP contribution >= 0.6 is 0 Å². The molecule has 0 radical (unpaired) electrons.